The monoisotopic (exact) mass is 877 g/mol. The van der Waals surface area contributed by atoms with Gasteiger partial charge in [0, 0.05) is 19.3 Å². The summed E-state index contributed by atoms with van der Waals surface area (Å²) in [6.45, 7) is 6.50. The third kappa shape index (κ3) is 49.5. The fraction of sp³-hybridized carbons (Fsp3) is 0.702. The average molecular weight is 877 g/mol. The molecule has 63 heavy (non-hydrogen) atoms. The highest BCUT2D eigenvalue weighted by Gasteiger charge is 2.19. The van der Waals surface area contributed by atoms with Gasteiger partial charge in [0.2, 0.25) is 0 Å². The van der Waals surface area contributed by atoms with E-state index in [0.717, 1.165) is 89.9 Å². The first kappa shape index (κ1) is 59.6. The van der Waals surface area contributed by atoms with Crippen LogP contribution in [0.1, 0.15) is 239 Å². The molecule has 0 bridgehead atoms. The number of esters is 3. The second kappa shape index (κ2) is 51.2. The van der Waals surface area contributed by atoms with Gasteiger partial charge in [0.25, 0.3) is 0 Å². The van der Waals surface area contributed by atoms with Crippen molar-refractivity contribution in [1.82, 2.24) is 0 Å². The molecule has 360 valence electrons. The minimum Gasteiger partial charge on any atom is -0.462 e. The Morgan fingerprint density at radius 2 is 0.603 bits per heavy atom. The highest BCUT2D eigenvalue weighted by atomic mass is 16.6. The second-order valence-corrected chi connectivity index (χ2v) is 17.1. The van der Waals surface area contributed by atoms with Gasteiger partial charge in [0.1, 0.15) is 13.2 Å². The molecule has 0 amide bonds. The van der Waals surface area contributed by atoms with Crippen LogP contribution in [0.15, 0.2) is 85.1 Å². The van der Waals surface area contributed by atoms with Gasteiger partial charge in [0.05, 0.1) is 0 Å². The van der Waals surface area contributed by atoms with Gasteiger partial charge in [-0.15, -0.1) is 0 Å². The predicted octanol–water partition coefficient (Wildman–Crippen LogP) is 17.2. The van der Waals surface area contributed by atoms with E-state index in [-0.39, 0.29) is 31.6 Å². The molecule has 0 atom stereocenters. The van der Waals surface area contributed by atoms with Crippen molar-refractivity contribution in [2.75, 3.05) is 13.2 Å². The van der Waals surface area contributed by atoms with Crippen molar-refractivity contribution in [2.45, 2.75) is 245 Å². The summed E-state index contributed by atoms with van der Waals surface area (Å²) in [5.41, 5.74) is 0. The molecule has 0 aromatic rings. The summed E-state index contributed by atoms with van der Waals surface area (Å²) in [7, 11) is 0. The number of ether oxygens (including phenoxy) is 3. The number of carbonyl (C=O) groups excluding carboxylic acids is 3. The largest absolute Gasteiger partial charge is 0.462 e. The summed E-state index contributed by atoms with van der Waals surface area (Å²) in [5.74, 6) is -1.02. The second-order valence-electron chi connectivity index (χ2n) is 17.1. The summed E-state index contributed by atoms with van der Waals surface area (Å²) in [6.07, 6.45) is 65.7. The SMILES string of the molecule is CCCCC/C=C\C/C=C\C/C=C\C/C=C\C/C=C\CCC(=O)OC(COC(=O)CCCCCCC/C=C\CCCCCC)COC(=O)CCCCCCC/C=C\CCCCCC. The van der Waals surface area contributed by atoms with Crippen molar-refractivity contribution in [3.05, 3.63) is 85.1 Å². The number of hydrogen-bond donors (Lipinski definition) is 0. The molecule has 0 saturated carbocycles. The van der Waals surface area contributed by atoms with Gasteiger partial charge >= 0.3 is 17.9 Å². The van der Waals surface area contributed by atoms with Crippen LogP contribution in [-0.2, 0) is 28.6 Å². The Labute approximate surface area is 388 Å². The zero-order chi connectivity index (χ0) is 45.8. The van der Waals surface area contributed by atoms with E-state index in [4.69, 9.17) is 14.2 Å². The van der Waals surface area contributed by atoms with Crippen LogP contribution < -0.4 is 0 Å². The predicted molar refractivity (Wildman–Crippen MR) is 270 cm³/mol. The van der Waals surface area contributed by atoms with E-state index in [2.05, 4.69) is 93.7 Å². The van der Waals surface area contributed by atoms with Gasteiger partial charge in [-0.05, 0) is 109 Å². The quantitative estimate of drug-likeness (QED) is 0.0262. The van der Waals surface area contributed by atoms with E-state index in [1.165, 1.54) is 103 Å². The molecule has 0 aliphatic heterocycles. The van der Waals surface area contributed by atoms with Crippen LogP contribution in [-0.4, -0.2) is 37.2 Å². The Hall–Kier alpha value is -3.41. The van der Waals surface area contributed by atoms with Crippen LogP contribution in [0.25, 0.3) is 0 Å². The van der Waals surface area contributed by atoms with Gasteiger partial charge in [-0.1, -0.05) is 196 Å². The molecule has 6 heteroatoms. The zero-order valence-electron chi connectivity index (χ0n) is 41.1. The molecule has 0 unspecified atom stereocenters. The molecule has 0 fully saturated rings. The normalized spacial score (nSPS) is 12.3. The molecule has 0 saturated heterocycles. The molecule has 0 rings (SSSR count). The van der Waals surface area contributed by atoms with Gasteiger partial charge in [-0.2, -0.15) is 0 Å². The van der Waals surface area contributed by atoms with Gasteiger partial charge in [-0.3, -0.25) is 14.4 Å². The van der Waals surface area contributed by atoms with Crippen molar-refractivity contribution >= 4 is 17.9 Å². The molecule has 0 heterocycles. The van der Waals surface area contributed by atoms with E-state index in [1.54, 1.807) is 0 Å². The van der Waals surface area contributed by atoms with E-state index in [1.807, 2.05) is 12.2 Å². The van der Waals surface area contributed by atoms with E-state index < -0.39 is 12.1 Å². The van der Waals surface area contributed by atoms with Crippen LogP contribution in [0.5, 0.6) is 0 Å². The van der Waals surface area contributed by atoms with E-state index in [9.17, 15) is 14.4 Å². The fourth-order valence-corrected chi connectivity index (χ4v) is 6.88. The molecule has 0 aliphatic rings. The Bertz CT molecular complexity index is 1180. The summed E-state index contributed by atoms with van der Waals surface area (Å²) in [6, 6.07) is 0. The van der Waals surface area contributed by atoms with Crippen molar-refractivity contribution in [3.8, 4) is 0 Å². The van der Waals surface area contributed by atoms with Crippen LogP contribution in [0.4, 0.5) is 0 Å². The topological polar surface area (TPSA) is 78.9 Å². The van der Waals surface area contributed by atoms with Crippen LogP contribution >= 0.6 is 0 Å². The smallest absolute Gasteiger partial charge is 0.306 e. The molecular formula is C57H96O6. The van der Waals surface area contributed by atoms with Gasteiger partial charge in [-0.25, -0.2) is 0 Å². The molecule has 0 aliphatic carbocycles. The molecule has 0 spiro atoms. The third-order valence-electron chi connectivity index (χ3n) is 10.9. The number of carbonyl (C=O) groups is 3. The van der Waals surface area contributed by atoms with Crippen molar-refractivity contribution in [3.63, 3.8) is 0 Å². The average Bonchev–Trinajstić information content (AvgIpc) is 3.28. The van der Waals surface area contributed by atoms with E-state index >= 15 is 0 Å². The molecule has 0 aromatic heterocycles. The highest BCUT2D eigenvalue weighted by molar-refractivity contribution is 5.71. The summed E-state index contributed by atoms with van der Waals surface area (Å²) >= 11 is 0. The molecule has 0 aromatic carbocycles. The number of rotatable bonds is 46. The summed E-state index contributed by atoms with van der Waals surface area (Å²) in [5, 5.41) is 0. The maximum atomic E-state index is 12.8. The number of allylic oxidation sites excluding steroid dienone is 14. The van der Waals surface area contributed by atoms with Crippen molar-refractivity contribution < 1.29 is 28.6 Å². The fourth-order valence-electron chi connectivity index (χ4n) is 6.88. The van der Waals surface area contributed by atoms with Gasteiger partial charge in [0.15, 0.2) is 6.10 Å². The first-order valence-corrected chi connectivity index (χ1v) is 26.1. The first-order valence-electron chi connectivity index (χ1n) is 26.1. The minimum absolute atomic E-state index is 0.113. The van der Waals surface area contributed by atoms with Crippen molar-refractivity contribution in [2.24, 2.45) is 0 Å². The number of hydrogen-bond acceptors (Lipinski definition) is 6. The summed E-state index contributed by atoms with van der Waals surface area (Å²) < 4.78 is 16.7. The van der Waals surface area contributed by atoms with Crippen LogP contribution in [0, 0.1) is 0 Å². The minimum atomic E-state index is -0.822. The molecule has 0 N–H and O–H groups in total. The maximum absolute atomic E-state index is 12.8. The van der Waals surface area contributed by atoms with E-state index in [0.29, 0.717) is 19.3 Å². The maximum Gasteiger partial charge on any atom is 0.306 e. The molecule has 6 nitrogen and oxygen atoms in total. The van der Waals surface area contributed by atoms with Gasteiger partial charge < -0.3 is 14.2 Å². The molecular weight excluding hydrogens is 781 g/mol. The molecule has 0 radical (unpaired) electrons. The zero-order valence-corrected chi connectivity index (χ0v) is 41.1. The van der Waals surface area contributed by atoms with Crippen LogP contribution in [0.2, 0.25) is 0 Å². The Morgan fingerprint density at radius 3 is 1.00 bits per heavy atom. The lowest BCUT2D eigenvalue weighted by molar-refractivity contribution is -0.166. The standard InChI is InChI=1S/C57H96O6/c1-4-7-10-13-16-19-22-25-26-27-28-29-30-33-36-39-42-45-48-51-57(60)63-54(52-61-55(58)49-46-43-40-37-34-31-23-20-17-14-11-8-5-2)53-62-56(59)50-47-44-41-38-35-32-24-21-18-15-12-9-6-3/h16,19-21,23-26,28-29,33,36,42,45,54H,4-15,17-18,22,27,30-32,34-35,37-41,43-44,46-53H2,1-3H3/b19-16-,23-20-,24-21-,26-25-,29-28-,36-33-,45-42-. The first-order chi connectivity index (χ1) is 31.0. The highest BCUT2D eigenvalue weighted by Crippen LogP contribution is 2.13. The lowest BCUT2D eigenvalue weighted by Gasteiger charge is -2.18. The lowest BCUT2D eigenvalue weighted by Crippen LogP contribution is -2.30. The Kier molecular flexibility index (Phi) is 48.5. The number of unbranched alkanes of at least 4 members (excludes halogenated alkanes) is 21. The van der Waals surface area contributed by atoms with Crippen molar-refractivity contribution in [1.29, 1.82) is 0 Å². The lowest BCUT2D eigenvalue weighted by atomic mass is 10.1. The Morgan fingerprint density at radius 1 is 0.317 bits per heavy atom. The Balaban J connectivity index is 4.53. The van der Waals surface area contributed by atoms with Crippen LogP contribution in [0.3, 0.4) is 0 Å². The third-order valence-corrected chi connectivity index (χ3v) is 10.9. The summed E-state index contributed by atoms with van der Waals surface area (Å²) in [4.78, 5) is 37.9.